The summed E-state index contributed by atoms with van der Waals surface area (Å²) in [6, 6.07) is 0.489. The van der Waals surface area contributed by atoms with Crippen LogP contribution in [0.15, 0.2) is 0 Å². The van der Waals surface area contributed by atoms with E-state index in [4.69, 9.17) is 0 Å². The maximum absolute atomic E-state index is 12.2. The second-order valence-electron chi connectivity index (χ2n) is 5.63. The summed E-state index contributed by atoms with van der Waals surface area (Å²) in [6.07, 6.45) is 5.72. The van der Waals surface area contributed by atoms with Gasteiger partial charge in [-0.2, -0.15) is 11.8 Å². The normalized spacial score (nSPS) is 22.3. The van der Waals surface area contributed by atoms with Gasteiger partial charge in [0.05, 0.1) is 6.54 Å². The van der Waals surface area contributed by atoms with Crippen LogP contribution in [-0.4, -0.2) is 60.4 Å². The van der Waals surface area contributed by atoms with Crippen LogP contribution >= 0.6 is 11.8 Å². The van der Waals surface area contributed by atoms with Crippen LogP contribution in [-0.2, 0) is 4.79 Å². The fraction of sp³-hybridized carbons (Fsp3) is 0.929. The number of hydrogen-bond acceptors (Lipinski definition) is 3. The van der Waals surface area contributed by atoms with E-state index >= 15 is 0 Å². The van der Waals surface area contributed by atoms with Crippen LogP contribution in [0.25, 0.3) is 0 Å². The molecule has 4 heteroatoms. The Labute approximate surface area is 116 Å². The highest BCUT2D eigenvalue weighted by Gasteiger charge is 2.22. The summed E-state index contributed by atoms with van der Waals surface area (Å²) in [5, 5.41) is 0. The van der Waals surface area contributed by atoms with Crippen LogP contribution in [0, 0.1) is 5.92 Å². The van der Waals surface area contributed by atoms with Gasteiger partial charge in [-0.15, -0.1) is 0 Å². The number of likely N-dealkylation sites (N-methyl/N-ethyl adjacent to an activating group) is 1. The Morgan fingerprint density at radius 2 is 2.28 bits per heavy atom. The fourth-order valence-electron chi connectivity index (χ4n) is 2.39. The molecule has 1 saturated heterocycles. The summed E-state index contributed by atoms with van der Waals surface area (Å²) in [4.78, 5) is 16.5. The van der Waals surface area contributed by atoms with Crippen molar-refractivity contribution in [2.45, 2.75) is 39.2 Å². The summed E-state index contributed by atoms with van der Waals surface area (Å²) in [5.74, 6) is 2.14. The Morgan fingerprint density at radius 3 is 2.89 bits per heavy atom. The number of carbonyl (C=O) groups is 1. The molecule has 1 aliphatic rings. The van der Waals surface area contributed by atoms with E-state index in [1.165, 1.54) is 18.6 Å². The van der Waals surface area contributed by atoms with Crippen molar-refractivity contribution in [2.75, 3.05) is 38.7 Å². The van der Waals surface area contributed by atoms with Crippen LogP contribution in [0.5, 0.6) is 0 Å². The zero-order chi connectivity index (χ0) is 13.5. The topological polar surface area (TPSA) is 23.6 Å². The van der Waals surface area contributed by atoms with E-state index in [1.54, 1.807) is 0 Å². The Morgan fingerprint density at radius 1 is 1.56 bits per heavy atom. The first-order valence-electron chi connectivity index (χ1n) is 7.01. The molecule has 1 aliphatic heterocycles. The zero-order valence-electron chi connectivity index (χ0n) is 12.3. The molecule has 18 heavy (non-hydrogen) atoms. The van der Waals surface area contributed by atoms with E-state index in [-0.39, 0.29) is 0 Å². The van der Waals surface area contributed by atoms with Crippen LogP contribution in [0.3, 0.4) is 0 Å². The van der Waals surface area contributed by atoms with E-state index in [1.807, 2.05) is 16.7 Å². The molecule has 0 aliphatic carbocycles. The minimum absolute atomic E-state index is 0.306. The molecule has 106 valence electrons. The number of likely N-dealkylation sites (tertiary alicyclic amines) is 1. The molecule has 0 aromatic rings. The molecule has 3 nitrogen and oxygen atoms in total. The number of nitrogens with zero attached hydrogens (tertiary/aromatic N) is 2. The predicted molar refractivity (Wildman–Crippen MR) is 80.1 cm³/mol. The van der Waals surface area contributed by atoms with Gasteiger partial charge < -0.3 is 4.90 Å². The van der Waals surface area contributed by atoms with Gasteiger partial charge in [0.15, 0.2) is 0 Å². The van der Waals surface area contributed by atoms with Gasteiger partial charge in [0.1, 0.15) is 0 Å². The Balaban J connectivity index is 2.33. The zero-order valence-corrected chi connectivity index (χ0v) is 13.1. The number of carbonyl (C=O) groups excluding carboxylic acids is 1. The smallest absolute Gasteiger partial charge is 0.236 e. The number of thioether (sulfide) groups is 1. The summed E-state index contributed by atoms with van der Waals surface area (Å²) >= 11 is 1.87. The monoisotopic (exact) mass is 272 g/mol. The number of rotatable bonds is 6. The first kappa shape index (κ1) is 15.8. The summed E-state index contributed by atoms with van der Waals surface area (Å²) in [5.41, 5.74) is 0. The molecule has 2 atom stereocenters. The van der Waals surface area contributed by atoms with Crippen molar-refractivity contribution in [3.8, 4) is 0 Å². The molecule has 1 amide bonds. The van der Waals surface area contributed by atoms with Gasteiger partial charge in [0.25, 0.3) is 0 Å². The third-order valence-electron chi connectivity index (χ3n) is 3.89. The lowest BCUT2D eigenvalue weighted by Crippen LogP contribution is -2.45. The first-order chi connectivity index (χ1) is 8.54. The van der Waals surface area contributed by atoms with Gasteiger partial charge >= 0.3 is 0 Å². The van der Waals surface area contributed by atoms with Crippen molar-refractivity contribution in [3.05, 3.63) is 0 Å². The maximum atomic E-state index is 12.2. The standard InChI is InChI=1S/C14H28N2OS/c1-12-6-5-8-16(10-12)14(17)11-15(3)13(2)7-9-18-4/h12-13H,5-11H2,1-4H3/t12-,13+/m1/s1. The SMILES string of the molecule is CSCC[C@H](C)N(C)CC(=O)N1CCC[C@@H](C)C1. The van der Waals surface area contributed by atoms with E-state index in [0.29, 0.717) is 24.4 Å². The van der Waals surface area contributed by atoms with Crippen molar-refractivity contribution < 1.29 is 4.79 Å². The summed E-state index contributed by atoms with van der Waals surface area (Å²) in [7, 11) is 2.07. The third kappa shape index (κ3) is 5.19. The molecule has 0 unspecified atom stereocenters. The van der Waals surface area contributed by atoms with E-state index in [0.717, 1.165) is 19.5 Å². The highest BCUT2D eigenvalue weighted by atomic mass is 32.2. The van der Waals surface area contributed by atoms with E-state index < -0.39 is 0 Å². The van der Waals surface area contributed by atoms with Gasteiger partial charge in [-0.05, 0) is 51.2 Å². The van der Waals surface area contributed by atoms with Crippen molar-refractivity contribution in [1.82, 2.24) is 9.80 Å². The largest absolute Gasteiger partial charge is 0.341 e. The van der Waals surface area contributed by atoms with Gasteiger partial charge in [0.2, 0.25) is 5.91 Å². The molecule has 1 fully saturated rings. The van der Waals surface area contributed by atoms with Crippen molar-refractivity contribution >= 4 is 17.7 Å². The van der Waals surface area contributed by atoms with Gasteiger partial charge in [-0.25, -0.2) is 0 Å². The molecule has 0 aromatic carbocycles. The maximum Gasteiger partial charge on any atom is 0.236 e. The summed E-state index contributed by atoms with van der Waals surface area (Å²) < 4.78 is 0. The predicted octanol–water partition coefficient (Wildman–Crippen LogP) is 2.32. The Kier molecular flexibility index (Phi) is 7.08. The minimum atomic E-state index is 0.306. The van der Waals surface area contributed by atoms with Crippen LogP contribution in [0.4, 0.5) is 0 Å². The molecule has 1 heterocycles. The summed E-state index contributed by atoms with van der Waals surface area (Å²) in [6.45, 7) is 6.93. The number of amides is 1. The quantitative estimate of drug-likeness (QED) is 0.741. The highest BCUT2D eigenvalue weighted by molar-refractivity contribution is 7.98. The molecule has 0 N–H and O–H groups in total. The van der Waals surface area contributed by atoms with E-state index in [2.05, 4.69) is 32.1 Å². The van der Waals surface area contributed by atoms with Gasteiger partial charge in [0, 0.05) is 19.1 Å². The molecule has 0 spiro atoms. The lowest BCUT2D eigenvalue weighted by Gasteiger charge is -2.33. The van der Waals surface area contributed by atoms with Gasteiger partial charge in [-0.3, -0.25) is 9.69 Å². The molecular weight excluding hydrogens is 244 g/mol. The van der Waals surface area contributed by atoms with Crippen molar-refractivity contribution in [3.63, 3.8) is 0 Å². The molecule has 0 saturated carbocycles. The number of piperidine rings is 1. The first-order valence-corrected chi connectivity index (χ1v) is 8.41. The molecular formula is C14H28N2OS. The third-order valence-corrected chi connectivity index (χ3v) is 4.53. The second kappa shape index (κ2) is 8.05. The van der Waals surface area contributed by atoms with Crippen LogP contribution < -0.4 is 0 Å². The molecule has 0 radical (unpaired) electrons. The number of hydrogen-bond donors (Lipinski definition) is 0. The minimum Gasteiger partial charge on any atom is -0.341 e. The molecule has 0 aromatic heterocycles. The van der Waals surface area contributed by atoms with Crippen LogP contribution in [0.1, 0.15) is 33.1 Å². The second-order valence-corrected chi connectivity index (χ2v) is 6.62. The van der Waals surface area contributed by atoms with E-state index in [9.17, 15) is 4.79 Å². The molecule has 1 rings (SSSR count). The van der Waals surface area contributed by atoms with Gasteiger partial charge in [-0.1, -0.05) is 6.92 Å². The Hall–Kier alpha value is -0.220. The lowest BCUT2D eigenvalue weighted by atomic mass is 10.0. The highest BCUT2D eigenvalue weighted by Crippen LogP contribution is 2.16. The average molecular weight is 272 g/mol. The lowest BCUT2D eigenvalue weighted by molar-refractivity contribution is -0.134. The van der Waals surface area contributed by atoms with Crippen LogP contribution in [0.2, 0.25) is 0 Å². The average Bonchev–Trinajstić information content (AvgIpc) is 2.35. The Bertz CT molecular complexity index is 260. The van der Waals surface area contributed by atoms with Crippen molar-refractivity contribution in [1.29, 1.82) is 0 Å². The fourth-order valence-corrected chi connectivity index (χ4v) is 2.97. The van der Waals surface area contributed by atoms with Crippen molar-refractivity contribution in [2.24, 2.45) is 5.92 Å². The molecule has 0 bridgehead atoms.